The third kappa shape index (κ3) is 3.46. The Morgan fingerprint density at radius 2 is 2.00 bits per heavy atom. The van der Waals surface area contributed by atoms with Gasteiger partial charge in [0.2, 0.25) is 5.91 Å². The van der Waals surface area contributed by atoms with E-state index in [0.29, 0.717) is 6.54 Å². The zero-order valence-electron chi connectivity index (χ0n) is 10.7. The molecule has 4 nitrogen and oxygen atoms in total. The second-order valence-corrected chi connectivity index (χ2v) is 5.15. The van der Waals surface area contributed by atoms with Crippen LogP contribution in [0.2, 0.25) is 0 Å². The Morgan fingerprint density at radius 3 is 2.44 bits per heavy atom. The minimum absolute atomic E-state index is 0.00597. The number of likely N-dealkylation sites (N-methyl/N-ethyl adjacent to an activating group) is 1. The lowest BCUT2D eigenvalue weighted by Crippen LogP contribution is -2.45. The second kappa shape index (κ2) is 5.64. The van der Waals surface area contributed by atoms with Crippen LogP contribution in [0.3, 0.4) is 0 Å². The number of hydrogen-bond acceptors (Lipinski definition) is 3. The van der Waals surface area contributed by atoms with Gasteiger partial charge in [0.25, 0.3) is 0 Å². The largest absolute Gasteiger partial charge is 0.364 e. The van der Waals surface area contributed by atoms with Gasteiger partial charge in [0.05, 0.1) is 5.60 Å². The summed E-state index contributed by atoms with van der Waals surface area (Å²) in [6.45, 7) is 2.92. The average Bonchev–Trinajstić information content (AvgIpc) is 2.28. The first-order valence-corrected chi connectivity index (χ1v) is 6.03. The highest BCUT2D eigenvalue weighted by molar-refractivity contribution is 5.76. The molecule has 94 valence electrons. The molecule has 0 bridgehead atoms. The minimum atomic E-state index is -0.252. The Kier molecular flexibility index (Phi) is 4.74. The molecule has 1 rings (SSSR count). The van der Waals surface area contributed by atoms with E-state index in [1.165, 1.54) is 0 Å². The first-order chi connectivity index (χ1) is 7.49. The van der Waals surface area contributed by atoms with Crippen molar-refractivity contribution in [2.75, 3.05) is 27.2 Å². The number of carbonyl (C=O) groups excluding carboxylic acids is 1. The molecule has 0 saturated heterocycles. The molecule has 0 heterocycles. The molecule has 2 N–H and O–H groups in total. The highest BCUT2D eigenvalue weighted by Gasteiger charge is 2.34. The maximum atomic E-state index is 11.5. The Bertz CT molecular complexity index is 233. The lowest BCUT2D eigenvalue weighted by atomic mass is 9.79. The molecule has 1 saturated carbocycles. The summed E-state index contributed by atoms with van der Waals surface area (Å²) in [4.78, 5) is 13.0. The molecule has 0 aromatic heterocycles. The minimum Gasteiger partial charge on any atom is -0.364 e. The van der Waals surface area contributed by atoms with E-state index in [-0.39, 0.29) is 18.1 Å². The van der Waals surface area contributed by atoms with Crippen LogP contribution in [0.25, 0.3) is 0 Å². The van der Waals surface area contributed by atoms with E-state index in [2.05, 4.69) is 6.92 Å². The van der Waals surface area contributed by atoms with Gasteiger partial charge in [-0.3, -0.25) is 4.79 Å². The number of nitrogens with two attached hydrogens (primary N) is 1. The average molecular weight is 228 g/mol. The van der Waals surface area contributed by atoms with Crippen molar-refractivity contribution in [1.29, 1.82) is 0 Å². The molecular formula is C12H24N2O2. The van der Waals surface area contributed by atoms with Gasteiger partial charge in [0, 0.05) is 20.6 Å². The summed E-state index contributed by atoms with van der Waals surface area (Å²) in [7, 11) is 3.48. The molecule has 0 aromatic carbocycles. The van der Waals surface area contributed by atoms with Crippen LogP contribution in [-0.2, 0) is 9.53 Å². The molecule has 0 aromatic rings. The SMILES string of the molecule is CC1CCC(CN)(OCC(=O)N(C)C)CC1. The van der Waals surface area contributed by atoms with Crippen LogP contribution < -0.4 is 5.73 Å². The number of carbonyl (C=O) groups is 1. The Labute approximate surface area is 98.1 Å². The highest BCUT2D eigenvalue weighted by Crippen LogP contribution is 2.33. The van der Waals surface area contributed by atoms with Gasteiger partial charge in [-0.05, 0) is 31.6 Å². The summed E-state index contributed by atoms with van der Waals surface area (Å²) in [5.41, 5.74) is 5.54. The maximum absolute atomic E-state index is 11.5. The molecule has 4 heteroatoms. The van der Waals surface area contributed by atoms with Crippen molar-refractivity contribution in [3.63, 3.8) is 0 Å². The van der Waals surface area contributed by atoms with Gasteiger partial charge in [-0.15, -0.1) is 0 Å². The van der Waals surface area contributed by atoms with Crippen LogP contribution in [0.15, 0.2) is 0 Å². The van der Waals surface area contributed by atoms with Gasteiger partial charge in [-0.2, -0.15) is 0 Å². The lowest BCUT2D eigenvalue weighted by Gasteiger charge is -2.38. The zero-order valence-corrected chi connectivity index (χ0v) is 10.7. The van der Waals surface area contributed by atoms with E-state index in [4.69, 9.17) is 10.5 Å². The smallest absolute Gasteiger partial charge is 0.248 e. The Hall–Kier alpha value is -0.610. The highest BCUT2D eigenvalue weighted by atomic mass is 16.5. The van der Waals surface area contributed by atoms with E-state index >= 15 is 0 Å². The summed E-state index contributed by atoms with van der Waals surface area (Å²) in [6.07, 6.45) is 4.25. The molecule has 0 aliphatic heterocycles. The third-order valence-electron chi connectivity index (χ3n) is 3.56. The topological polar surface area (TPSA) is 55.6 Å². The fourth-order valence-electron chi connectivity index (χ4n) is 2.04. The molecule has 16 heavy (non-hydrogen) atoms. The molecule has 1 fully saturated rings. The number of ether oxygens (including phenoxy) is 1. The van der Waals surface area contributed by atoms with Gasteiger partial charge in [0.15, 0.2) is 0 Å². The van der Waals surface area contributed by atoms with E-state index in [1.807, 2.05) is 0 Å². The van der Waals surface area contributed by atoms with Crippen LogP contribution in [0.4, 0.5) is 0 Å². The van der Waals surface area contributed by atoms with E-state index in [9.17, 15) is 4.79 Å². The molecule has 1 aliphatic rings. The summed E-state index contributed by atoms with van der Waals surface area (Å²) in [6, 6.07) is 0. The molecule has 1 aliphatic carbocycles. The van der Waals surface area contributed by atoms with Crippen LogP contribution in [0, 0.1) is 5.92 Å². The van der Waals surface area contributed by atoms with E-state index in [0.717, 1.165) is 31.6 Å². The van der Waals surface area contributed by atoms with Crippen molar-refractivity contribution in [1.82, 2.24) is 4.90 Å². The van der Waals surface area contributed by atoms with E-state index < -0.39 is 0 Å². The van der Waals surface area contributed by atoms with Gasteiger partial charge in [-0.25, -0.2) is 0 Å². The normalized spacial score (nSPS) is 30.1. The molecular weight excluding hydrogens is 204 g/mol. The predicted molar refractivity (Wildman–Crippen MR) is 64.1 cm³/mol. The van der Waals surface area contributed by atoms with Crippen LogP contribution in [-0.4, -0.2) is 43.7 Å². The Balaban J connectivity index is 2.45. The molecule has 1 amide bonds. The van der Waals surface area contributed by atoms with E-state index in [1.54, 1.807) is 19.0 Å². The lowest BCUT2D eigenvalue weighted by molar-refractivity contribution is -0.143. The summed E-state index contributed by atoms with van der Waals surface area (Å²) < 4.78 is 5.77. The van der Waals surface area contributed by atoms with Gasteiger partial charge < -0.3 is 15.4 Å². The molecule has 0 unspecified atom stereocenters. The second-order valence-electron chi connectivity index (χ2n) is 5.15. The summed E-state index contributed by atoms with van der Waals surface area (Å²) in [5, 5.41) is 0. The monoisotopic (exact) mass is 228 g/mol. The number of amides is 1. The van der Waals surface area contributed by atoms with Crippen molar-refractivity contribution >= 4 is 5.91 Å². The van der Waals surface area contributed by atoms with Gasteiger partial charge in [-0.1, -0.05) is 6.92 Å². The molecule has 0 spiro atoms. The van der Waals surface area contributed by atoms with Crippen molar-refractivity contribution in [3.8, 4) is 0 Å². The standard InChI is InChI=1S/C12H24N2O2/c1-10-4-6-12(9-13,7-5-10)16-8-11(15)14(2)3/h10H,4-9,13H2,1-3H3. The summed E-state index contributed by atoms with van der Waals surface area (Å²) in [5.74, 6) is 0.763. The molecule has 0 atom stereocenters. The van der Waals surface area contributed by atoms with Crippen molar-refractivity contribution in [2.24, 2.45) is 11.7 Å². The quantitative estimate of drug-likeness (QED) is 0.781. The van der Waals surface area contributed by atoms with Crippen LogP contribution in [0.1, 0.15) is 32.6 Å². The number of nitrogens with zero attached hydrogens (tertiary/aromatic N) is 1. The Morgan fingerprint density at radius 1 is 1.44 bits per heavy atom. The number of hydrogen-bond donors (Lipinski definition) is 1. The molecule has 0 radical (unpaired) electrons. The predicted octanol–water partition coefficient (Wildman–Crippen LogP) is 0.999. The summed E-state index contributed by atoms with van der Waals surface area (Å²) >= 11 is 0. The van der Waals surface area contributed by atoms with Gasteiger partial charge in [0.1, 0.15) is 6.61 Å². The van der Waals surface area contributed by atoms with Crippen molar-refractivity contribution < 1.29 is 9.53 Å². The van der Waals surface area contributed by atoms with Crippen LogP contribution in [0.5, 0.6) is 0 Å². The zero-order chi connectivity index (χ0) is 12.2. The van der Waals surface area contributed by atoms with Crippen molar-refractivity contribution in [3.05, 3.63) is 0 Å². The fraction of sp³-hybridized carbons (Fsp3) is 0.917. The maximum Gasteiger partial charge on any atom is 0.248 e. The third-order valence-corrected chi connectivity index (χ3v) is 3.56. The first kappa shape index (κ1) is 13.5. The number of rotatable bonds is 4. The van der Waals surface area contributed by atoms with Crippen LogP contribution >= 0.6 is 0 Å². The van der Waals surface area contributed by atoms with Gasteiger partial charge >= 0.3 is 0 Å². The van der Waals surface area contributed by atoms with Crippen molar-refractivity contribution in [2.45, 2.75) is 38.2 Å². The first-order valence-electron chi connectivity index (χ1n) is 6.03. The fourth-order valence-corrected chi connectivity index (χ4v) is 2.04.